The summed E-state index contributed by atoms with van der Waals surface area (Å²) >= 11 is 4.42. The number of amides is 1. The maximum atomic E-state index is 12.9. The van der Waals surface area contributed by atoms with Crippen molar-refractivity contribution in [2.75, 3.05) is 5.75 Å². The molecule has 0 saturated heterocycles. The lowest BCUT2D eigenvalue weighted by atomic mass is 9.98. The molecule has 0 radical (unpaired) electrons. The van der Waals surface area contributed by atoms with Crippen LogP contribution in [0.5, 0.6) is 0 Å². The first-order valence-corrected chi connectivity index (χ1v) is 15.3. The number of H-pyrrole nitrogens is 1. The van der Waals surface area contributed by atoms with Crippen LogP contribution in [0.2, 0.25) is 0 Å². The molecule has 42 heavy (non-hydrogen) atoms. The molecule has 0 fully saturated rings. The van der Waals surface area contributed by atoms with Gasteiger partial charge in [-0.1, -0.05) is 75.4 Å². The van der Waals surface area contributed by atoms with E-state index < -0.39 is 0 Å². The van der Waals surface area contributed by atoms with Crippen molar-refractivity contribution in [1.29, 1.82) is 0 Å². The van der Waals surface area contributed by atoms with Crippen LogP contribution in [0.3, 0.4) is 0 Å². The summed E-state index contributed by atoms with van der Waals surface area (Å²) in [5.74, 6) is 2.64. The third-order valence-corrected chi connectivity index (χ3v) is 8.03. The molecule has 1 atom stereocenters. The summed E-state index contributed by atoms with van der Waals surface area (Å²) in [5.41, 5.74) is 8.59. The van der Waals surface area contributed by atoms with E-state index in [9.17, 15) is 4.79 Å². The van der Waals surface area contributed by atoms with Gasteiger partial charge in [0, 0.05) is 36.7 Å². The number of fused-ring (bicyclic) bond motifs is 1. The van der Waals surface area contributed by atoms with E-state index in [0.29, 0.717) is 30.6 Å². The van der Waals surface area contributed by atoms with E-state index in [2.05, 4.69) is 113 Å². The third-order valence-electron chi connectivity index (χ3n) is 7.59. The minimum atomic E-state index is -0.0815. The number of hydrogen-bond donors (Lipinski definition) is 3. The Morgan fingerprint density at radius 3 is 2.48 bits per heavy atom. The Balaban J connectivity index is 1.41. The molecule has 2 N–H and O–H groups in total. The van der Waals surface area contributed by atoms with Gasteiger partial charge in [0.15, 0.2) is 0 Å². The number of imidazole rings is 1. The fraction of sp³-hybridized carbons (Fsp3) is 0.364. The number of aryl methyl sites for hydroxylation is 2. The van der Waals surface area contributed by atoms with Crippen molar-refractivity contribution < 1.29 is 4.79 Å². The van der Waals surface area contributed by atoms with Gasteiger partial charge in [0.05, 0.1) is 11.0 Å². The molecule has 2 heterocycles. The summed E-state index contributed by atoms with van der Waals surface area (Å²) in [6.07, 6.45) is 2.75. The van der Waals surface area contributed by atoms with Crippen molar-refractivity contribution >= 4 is 29.6 Å². The van der Waals surface area contributed by atoms with Crippen molar-refractivity contribution in [3.05, 3.63) is 83.2 Å². The largest absolute Gasteiger partial charge is 0.352 e. The normalized spacial score (nSPS) is 12.2. The molecule has 218 valence electrons. The molecule has 5 aromatic rings. The second-order valence-electron chi connectivity index (χ2n) is 11.3. The lowest BCUT2D eigenvalue weighted by Crippen LogP contribution is -2.32. The number of nitrogens with zero attached hydrogens (tertiary/aromatic N) is 5. The van der Waals surface area contributed by atoms with Crippen LogP contribution in [0.15, 0.2) is 60.7 Å². The minimum Gasteiger partial charge on any atom is -0.352 e. The highest BCUT2D eigenvalue weighted by Gasteiger charge is 2.19. The number of nitrogens with one attached hydrogen (secondary N) is 2. The Labute approximate surface area is 252 Å². The summed E-state index contributed by atoms with van der Waals surface area (Å²) in [7, 11) is 0. The van der Waals surface area contributed by atoms with E-state index in [0.717, 1.165) is 63.9 Å². The number of carbonyl (C=O) groups is 1. The lowest BCUT2D eigenvalue weighted by molar-refractivity contribution is -0.124. The fourth-order valence-corrected chi connectivity index (χ4v) is 5.87. The molecule has 3 aromatic carbocycles. The van der Waals surface area contributed by atoms with E-state index in [1.165, 1.54) is 5.56 Å². The van der Waals surface area contributed by atoms with Crippen molar-refractivity contribution in [2.45, 2.75) is 60.0 Å². The second-order valence-corrected chi connectivity index (χ2v) is 11.7. The number of aromatic amines is 1. The molecule has 0 spiro atoms. The number of aromatic nitrogens is 6. The first-order valence-electron chi connectivity index (χ1n) is 14.7. The van der Waals surface area contributed by atoms with Gasteiger partial charge in [-0.15, -0.1) is 10.2 Å². The highest BCUT2D eigenvalue weighted by atomic mass is 32.1. The molecule has 0 bridgehead atoms. The highest BCUT2D eigenvalue weighted by Crippen LogP contribution is 2.30. The van der Waals surface area contributed by atoms with Gasteiger partial charge < -0.3 is 9.88 Å². The number of tetrazole rings is 1. The average molecular weight is 582 g/mol. The van der Waals surface area contributed by atoms with Crippen LogP contribution < -0.4 is 5.32 Å². The van der Waals surface area contributed by atoms with Gasteiger partial charge in [0.2, 0.25) is 11.7 Å². The van der Waals surface area contributed by atoms with Gasteiger partial charge in [0.25, 0.3) is 0 Å². The number of rotatable bonds is 12. The van der Waals surface area contributed by atoms with Crippen LogP contribution in [-0.2, 0) is 24.3 Å². The summed E-state index contributed by atoms with van der Waals surface area (Å²) in [4.78, 5) is 17.9. The lowest BCUT2D eigenvalue weighted by Gasteiger charge is -2.17. The molecule has 8 nitrogen and oxygen atoms in total. The molecule has 0 saturated carbocycles. The van der Waals surface area contributed by atoms with Crippen LogP contribution in [0.25, 0.3) is 33.5 Å². The van der Waals surface area contributed by atoms with Crippen molar-refractivity contribution in [3.63, 3.8) is 0 Å². The first-order chi connectivity index (χ1) is 20.4. The van der Waals surface area contributed by atoms with Gasteiger partial charge in [-0.3, -0.25) is 4.79 Å². The predicted octanol–water partition coefficient (Wildman–Crippen LogP) is 6.40. The number of benzene rings is 3. The van der Waals surface area contributed by atoms with Gasteiger partial charge in [-0.25, -0.2) is 4.98 Å². The molecular weight excluding hydrogens is 542 g/mol. The van der Waals surface area contributed by atoms with Crippen molar-refractivity contribution in [3.8, 4) is 22.5 Å². The van der Waals surface area contributed by atoms with E-state index in [4.69, 9.17) is 4.98 Å². The molecule has 2 aromatic heterocycles. The summed E-state index contributed by atoms with van der Waals surface area (Å²) in [5, 5.41) is 17.8. The SMILES string of the molecule is CCCc1nc2c(C)cc(CNC(=O)C(CS)CC(C)C)cc2n1Cc1ccc(-c2ccccc2-c2nn[nH]n2)cc1. The predicted molar refractivity (Wildman–Crippen MR) is 171 cm³/mol. The van der Waals surface area contributed by atoms with E-state index in [1.54, 1.807) is 0 Å². The molecule has 9 heteroatoms. The second kappa shape index (κ2) is 13.3. The van der Waals surface area contributed by atoms with Gasteiger partial charge in [-0.2, -0.15) is 17.8 Å². The van der Waals surface area contributed by atoms with Crippen LogP contribution in [0, 0.1) is 18.8 Å². The highest BCUT2D eigenvalue weighted by molar-refractivity contribution is 7.80. The van der Waals surface area contributed by atoms with Crippen LogP contribution in [0.4, 0.5) is 0 Å². The van der Waals surface area contributed by atoms with Crippen LogP contribution in [-0.4, -0.2) is 41.8 Å². The molecule has 0 aliphatic carbocycles. The first kappa shape index (κ1) is 29.5. The zero-order valence-corrected chi connectivity index (χ0v) is 25.7. The van der Waals surface area contributed by atoms with Crippen molar-refractivity contribution in [2.24, 2.45) is 11.8 Å². The topological polar surface area (TPSA) is 101 Å². The number of hydrogen-bond acceptors (Lipinski definition) is 6. The summed E-state index contributed by atoms with van der Waals surface area (Å²) in [6, 6.07) is 21.1. The fourth-order valence-electron chi connectivity index (χ4n) is 5.55. The summed E-state index contributed by atoms with van der Waals surface area (Å²) < 4.78 is 2.33. The quantitative estimate of drug-likeness (QED) is 0.148. The molecule has 0 aliphatic heterocycles. The Kier molecular flexibility index (Phi) is 9.37. The van der Waals surface area contributed by atoms with Gasteiger partial charge in [0.1, 0.15) is 5.82 Å². The molecule has 5 rings (SSSR count). The van der Waals surface area contributed by atoms with E-state index >= 15 is 0 Å². The van der Waals surface area contributed by atoms with Crippen molar-refractivity contribution in [1.82, 2.24) is 35.5 Å². The maximum Gasteiger partial charge on any atom is 0.224 e. The van der Waals surface area contributed by atoms with Gasteiger partial charge >= 0.3 is 0 Å². The monoisotopic (exact) mass is 581 g/mol. The molecule has 1 unspecified atom stereocenters. The van der Waals surface area contributed by atoms with Crippen LogP contribution >= 0.6 is 12.6 Å². The zero-order chi connectivity index (χ0) is 29.6. The van der Waals surface area contributed by atoms with Gasteiger partial charge in [-0.05, 0) is 64.8 Å². The smallest absolute Gasteiger partial charge is 0.224 e. The summed E-state index contributed by atoms with van der Waals surface area (Å²) in [6.45, 7) is 9.76. The standard InChI is InChI=1S/C33H39N7OS/c1-5-8-30-35-31-22(4)16-24(18-34-33(41)26(20-42)15-21(2)3)17-29(31)40(30)19-23-11-13-25(14-12-23)27-9-6-7-10-28(27)32-36-38-39-37-32/h6-7,9-14,16-17,21,26,42H,5,8,15,18-20H2,1-4H3,(H,34,41)(H,36,37,38,39). The van der Waals surface area contributed by atoms with E-state index in [1.807, 2.05) is 18.2 Å². The Morgan fingerprint density at radius 2 is 1.81 bits per heavy atom. The van der Waals surface area contributed by atoms with E-state index in [-0.39, 0.29) is 11.8 Å². The number of thiol groups is 1. The molecular formula is C33H39N7OS. The third kappa shape index (κ3) is 6.57. The Bertz CT molecular complexity index is 1640. The zero-order valence-electron chi connectivity index (χ0n) is 24.8. The minimum absolute atomic E-state index is 0.0672. The Morgan fingerprint density at radius 1 is 1.05 bits per heavy atom. The Hall–Kier alpha value is -3.98. The maximum absolute atomic E-state index is 12.9. The van der Waals surface area contributed by atoms with Crippen LogP contribution in [0.1, 0.15) is 56.1 Å². The molecule has 1 amide bonds. The number of carbonyl (C=O) groups excluding carboxylic acids is 1. The molecule has 0 aliphatic rings. The average Bonchev–Trinajstić information content (AvgIpc) is 3.65.